The van der Waals surface area contributed by atoms with Crippen LogP contribution >= 0.6 is 11.3 Å². The summed E-state index contributed by atoms with van der Waals surface area (Å²) in [6.07, 6.45) is 0. The van der Waals surface area contributed by atoms with E-state index in [1.54, 1.807) is 16.2 Å². The van der Waals surface area contributed by atoms with Crippen LogP contribution in [0.3, 0.4) is 0 Å². The number of amides is 1. The lowest BCUT2D eigenvalue weighted by Crippen LogP contribution is -2.46. The predicted molar refractivity (Wildman–Crippen MR) is 128 cm³/mol. The van der Waals surface area contributed by atoms with E-state index in [0.717, 1.165) is 43.3 Å². The lowest BCUT2D eigenvalue weighted by Gasteiger charge is -2.36. The van der Waals surface area contributed by atoms with Crippen molar-refractivity contribution in [1.82, 2.24) is 14.8 Å². The Balaban J connectivity index is 1.30. The average molecular weight is 435 g/mol. The molecule has 3 aromatic rings. The van der Waals surface area contributed by atoms with Crippen LogP contribution < -0.4 is 4.90 Å². The topological polar surface area (TPSA) is 39.7 Å². The normalized spacial score (nSPS) is 14.6. The molecule has 1 aromatic heterocycles. The molecule has 0 radical (unpaired) electrons. The van der Waals surface area contributed by atoms with Crippen LogP contribution in [0.2, 0.25) is 0 Å². The molecule has 2 aromatic carbocycles. The molecule has 1 amide bonds. The van der Waals surface area contributed by atoms with E-state index in [1.165, 1.54) is 16.8 Å². The molecule has 0 N–H and O–H groups in total. The van der Waals surface area contributed by atoms with E-state index in [9.17, 15) is 4.79 Å². The highest BCUT2D eigenvalue weighted by Gasteiger charge is 2.20. The minimum atomic E-state index is -0.0223. The Hall–Kier alpha value is -2.70. The summed E-state index contributed by atoms with van der Waals surface area (Å²) in [4.78, 5) is 24.0. The summed E-state index contributed by atoms with van der Waals surface area (Å²) < 4.78 is 0. The predicted octanol–water partition coefficient (Wildman–Crippen LogP) is 4.35. The summed E-state index contributed by atoms with van der Waals surface area (Å²) in [5, 5.41) is 2.90. The van der Waals surface area contributed by atoms with Gasteiger partial charge in [0, 0.05) is 50.8 Å². The number of hydrogen-bond donors (Lipinski definition) is 0. The molecule has 1 fully saturated rings. The van der Waals surface area contributed by atoms with Crippen molar-refractivity contribution >= 4 is 22.9 Å². The van der Waals surface area contributed by atoms with Crippen molar-refractivity contribution in [2.75, 3.05) is 38.1 Å². The number of rotatable bonds is 6. The first-order valence-corrected chi connectivity index (χ1v) is 11.7. The van der Waals surface area contributed by atoms with Crippen LogP contribution in [-0.4, -0.2) is 53.9 Å². The molecule has 0 saturated carbocycles. The summed E-state index contributed by atoms with van der Waals surface area (Å²) in [6, 6.07) is 16.8. The van der Waals surface area contributed by atoms with Gasteiger partial charge in [0.2, 0.25) is 0 Å². The van der Waals surface area contributed by atoms with Gasteiger partial charge >= 0.3 is 0 Å². The maximum atomic E-state index is 12.8. The van der Waals surface area contributed by atoms with Crippen LogP contribution in [0.5, 0.6) is 0 Å². The van der Waals surface area contributed by atoms with Gasteiger partial charge in [-0.25, -0.2) is 4.98 Å². The Bertz CT molecular complexity index is 1030. The third-order valence-corrected chi connectivity index (χ3v) is 6.80. The maximum absolute atomic E-state index is 12.8. The van der Waals surface area contributed by atoms with Crippen molar-refractivity contribution in [3.05, 3.63) is 81.3 Å². The lowest BCUT2D eigenvalue weighted by atomic mass is 10.1. The molecule has 162 valence electrons. The number of aromatic nitrogens is 1. The highest BCUT2D eigenvalue weighted by Crippen LogP contribution is 2.21. The molecule has 0 aliphatic carbocycles. The Morgan fingerprint density at radius 2 is 1.77 bits per heavy atom. The molecule has 1 aliphatic heterocycles. The Morgan fingerprint density at radius 1 is 1.03 bits per heavy atom. The number of carbonyl (C=O) groups is 1. The number of anilines is 1. The smallest absolute Gasteiger partial charge is 0.273 e. The zero-order valence-electron chi connectivity index (χ0n) is 18.5. The van der Waals surface area contributed by atoms with E-state index in [4.69, 9.17) is 0 Å². The molecule has 5 nitrogen and oxygen atoms in total. The summed E-state index contributed by atoms with van der Waals surface area (Å²) >= 11 is 1.58. The van der Waals surface area contributed by atoms with Crippen molar-refractivity contribution in [2.24, 2.45) is 0 Å². The van der Waals surface area contributed by atoms with Crippen molar-refractivity contribution in [3.63, 3.8) is 0 Å². The van der Waals surface area contributed by atoms with Gasteiger partial charge in [0.25, 0.3) is 5.91 Å². The monoisotopic (exact) mass is 434 g/mol. The maximum Gasteiger partial charge on any atom is 0.273 e. The molecular formula is C25H30N4OS. The quantitative estimate of drug-likeness (QED) is 0.578. The van der Waals surface area contributed by atoms with Crippen molar-refractivity contribution < 1.29 is 4.79 Å². The van der Waals surface area contributed by atoms with Gasteiger partial charge in [-0.15, -0.1) is 11.3 Å². The molecule has 0 spiro atoms. The van der Waals surface area contributed by atoms with Crippen LogP contribution in [0.25, 0.3) is 0 Å². The van der Waals surface area contributed by atoms with Crippen LogP contribution in [-0.2, 0) is 13.1 Å². The fourth-order valence-electron chi connectivity index (χ4n) is 3.88. The lowest BCUT2D eigenvalue weighted by molar-refractivity contribution is 0.0779. The van der Waals surface area contributed by atoms with Crippen LogP contribution in [0.4, 0.5) is 5.69 Å². The fourth-order valence-corrected chi connectivity index (χ4v) is 4.69. The minimum absolute atomic E-state index is 0.0223. The van der Waals surface area contributed by atoms with Crippen molar-refractivity contribution in [2.45, 2.75) is 26.9 Å². The average Bonchev–Trinajstić information content (AvgIpc) is 3.25. The third-order valence-electron chi connectivity index (χ3n) is 5.97. The first-order chi connectivity index (χ1) is 15.0. The number of nitrogens with zero attached hydrogens (tertiary/aromatic N) is 4. The molecular weight excluding hydrogens is 404 g/mol. The molecule has 6 heteroatoms. The fraction of sp³-hybridized carbons (Fsp3) is 0.360. The standard InChI is InChI=1S/C25H30N4OS/c1-19-9-10-22(15-20(19)2)29-13-11-28(12-14-29)17-24-26-23(18-31-24)25(30)27(3)16-21-7-5-4-6-8-21/h4-10,15,18H,11-14,16-17H2,1-3H3. The van der Waals surface area contributed by atoms with Crippen LogP contribution in [0, 0.1) is 13.8 Å². The number of thiazole rings is 1. The number of aryl methyl sites for hydroxylation is 2. The van der Waals surface area contributed by atoms with Crippen LogP contribution in [0.1, 0.15) is 32.2 Å². The zero-order valence-corrected chi connectivity index (χ0v) is 19.4. The Morgan fingerprint density at radius 3 is 2.48 bits per heavy atom. The summed E-state index contributed by atoms with van der Waals surface area (Å²) in [6.45, 7) is 9.76. The summed E-state index contributed by atoms with van der Waals surface area (Å²) in [5.41, 5.74) is 5.66. The van der Waals surface area contributed by atoms with E-state index < -0.39 is 0 Å². The minimum Gasteiger partial charge on any atom is -0.369 e. The van der Waals surface area contributed by atoms with Gasteiger partial charge in [0.05, 0.1) is 6.54 Å². The first kappa shape index (κ1) is 21.5. The Kier molecular flexibility index (Phi) is 6.68. The third kappa shape index (κ3) is 5.32. The Labute approximate surface area is 188 Å². The van der Waals surface area contributed by atoms with E-state index in [0.29, 0.717) is 12.2 Å². The van der Waals surface area contributed by atoms with E-state index >= 15 is 0 Å². The zero-order chi connectivity index (χ0) is 21.8. The van der Waals surface area contributed by atoms with Gasteiger partial charge in [0.1, 0.15) is 10.7 Å². The highest BCUT2D eigenvalue weighted by atomic mass is 32.1. The number of benzene rings is 2. The molecule has 1 aliphatic rings. The number of carbonyl (C=O) groups excluding carboxylic acids is 1. The van der Waals surface area contributed by atoms with Gasteiger partial charge in [-0.1, -0.05) is 36.4 Å². The summed E-state index contributed by atoms with van der Waals surface area (Å²) in [5.74, 6) is -0.0223. The second kappa shape index (κ2) is 9.62. The van der Waals surface area contributed by atoms with E-state index in [-0.39, 0.29) is 5.91 Å². The van der Waals surface area contributed by atoms with E-state index in [2.05, 4.69) is 46.8 Å². The molecule has 0 bridgehead atoms. The molecule has 2 heterocycles. The highest BCUT2D eigenvalue weighted by molar-refractivity contribution is 7.09. The van der Waals surface area contributed by atoms with E-state index in [1.807, 2.05) is 42.8 Å². The van der Waals surface area contributed by atoms with Crippen molar-refractivity contribution in [3.8, 4) is 0 Å². The number of hydrogen-bond acceptors (Lipinski definition) is 5. The molecule has 1 saturated heterocycles. The molecule has 0 unspecified atom stereocenters. The van der Waals surface area contributed by atoms with Gasteiger partial charge < -0.3 is 9.80 Å². The second-order valence-electron chi connectivity index (χ2n) is 8.31. The van der Waals surface area contributed by atoms with Gasteiger partial charge in [-0.3, -0.25) is 9.69 Å². The molecule has 31 heavy (non-hydrogen) atoms. The van der Waals surface area contributed by atoms with Crippen molar-refractivity contribution in [1.29, 1.82) is 0 Å². The van der Waals surface area contributed by atoms with Gasteiger partial charge in [-0.05, 0) is 42.7 Å². The second-order valence-corrected chi connectivity index (χ2v) is 9.25. The molecule has 0 atom stereocenters. The SMILES string of the molecule is Cc1ccc(N2CCN(Cc3nc(C(=O)N(C)Cc4ccccc4)cs3)CC2)cc1C. The van der Waals surface area contributed by atoms with Crippen LogP contribution in [0.15, 0.2) is 53.9 Å². The summed E-state index contributed by atoms with van der Waals surface area (Å²) in [7, 11) is 1.83. The number of piperazine rings is 1. The van der Waals surface area contributed by atoms with Gasteiger partial charge in [-0.2, -0.15) is 0 Å². The largest absolute Gasteiger partial charge is 0.369 e. The molecule has 4 rings (SSSR count). The first-order valence-electron chi connectivity index (χ1n) is 10.8. The van der Waals surface area contributed by atoms with Gasteiger partial charge in [0.15, 0.2) is 0 Å².